The molecule has 0 aromatic heterocycles. The fraction of sp³-hybridized carbons (Fsp3) is 1.00. The average Bonchev–Trinajstić information content (AvgIpc) is 1.90. The van der Waals surface area contributed by atoms with Gasteiger partial charge < -0.3 is 10.2 Å². The van der Waals surface area contributed by atoms with Gasteiger partial charge in [-0.2, -0.15) is 0 Å². The third-order valence-electron chi connectivity index (χ3n) is 1.71. The molecule has 3 nitrogen and oxygen atoms in total. The van der Waals surface area contributed by atoms with Crippen LogP contribution in [0.3, 0.4) is 0 Å². The van der Waals surface area contributed by atoms with Gasteiger partial charge in [-0.05, 0) is 20.5 Å². The molecule has 0 aliphatic carbocycles. The van der Waals surface area contributed by atoms with E-state index in [-0.39, 0.29) is 12.5 Å². The molecule has 0 bridgehead atoms. The van der Waals surface area contributed by atoms with Gasteiger partial charge in [-0.15, -0.1) is 0 Å². The topological polar surface area (TPSA) is 43.7 Å². The molecule has 2 unspecified atom stereocenters. The lowest BCUT2D eigenvalue weighted by Gasteiger charge is -2.25. The van der Waals surface area contributed by atoms with Crippen molar-refractivity contribution in [3.63, 3.8) is 0 Å². The van der Waals surface area contributed by atoms with Crippen molar-refractivity contribution in [3.8, 4) is 0 Å². The summed E-state index contributed by atoms with van der Waals surface area (Å²) in [6.07, 6.45) is 0.283. The molecular formula is C7H17NO2. The van der Waals surface area contributed by atoms with Crippen LogP contribution in [0.15, 0.2) is 0 Å². The predicted octanol–water partition coefficient (Wildman–Crippen LogP) is -0.115. The van der Waals surface area contributed by atoms with Gasteiger partial charge in [0.25, 0.3) is 0 Å². The van der Waals surface area contributed by atoms with Gasteiger partial charge in [-0.3, -0.25) is 4.90 Å². The highest BCUT2D eigenvalue weighted by molar-refractivity contribution is 4.63. The third kappa shape index (κ3) is 2.64. The zero-order valence-corrected chi connectivity index (χ0v) is 6.91. The maximum absolute atomic E-state index is 9.35. The first-order valence-corrected chi connectivity index (χ1v) is 3.58. The molecule has 0 aliphatic rings. The van der Waals surface area contributed by atoms with Crippen molar-refractivity contribution in [1.29, 1.82) is 0 Å². The van der Waals surface area contributed by atoms with Crippen molar-refractivity contribution < 1.29 is 10.2 Å². The summed E-state index contributed by atoms with van der Waals surface area (Å²) in [5, 5.41) is 18.1. The van der Waals surface area contributed by atoms with E-state index in [9.17, 15) is 5.11 Å². The molecule has 0 saturated heterocycles. The Morgan fingerprint density at radius 2 is 1.90 bits per heavy atom. The Kier molecular flexibility index (Phi) is 4.60. The van der Waals surface area contributed by atoms with E-state index in [2.05, 4.69) is 0 Å². The molecular weight excluding hydrogens is 130 g/mol. The van der Waals surface area contributed by atoms with Gasteiger partial charge in [0.1, 0.15) is 6.23 Å². The van der Waals surface area contributed by atoms with Gasteiger partial charge in [-0.1, -0.05) is 6.92 Å². The Hall–Kier alpha value is -0.120. The minimum absolute atomic E-state index is 0.0185. The highest BCUT2D eigenvalue weighted by Crippen LogP contribution is 2.08. The van der Waals surface area contributed by atoms with Crippen molar-refractivity contribution in [1.82, 2.24) is 4.90 Å². The van der Waals surface area contributed by atoms with E-state index in [1.165, 1.54) is 0 Å². The normalized spacial score (nSPS) is 17.4. The Balaban J connectivity index is 3.76. The lowest BCUT2D eigenvalue weighted by molar-refractivity contribution is -0.0304. The first-order valence-electron chi connectivity index (χ1n) is 3.58. The summed E-state index contributed by atoms with van der Waals surface area (Å²) in [6.45, 7) is 2.00. The van der Waals surface area contributed by atoms with Crippen molar-refractivity contribution in [2.45, 2.75) is 19.6 Å². The van der Waals surface area contributed by atoms with E-state index in [4.69, 9.17) is 5.11 Å². The number of aliphatic hydroxyl groups excluding tert-OH is 2. The highest BCUT2D eigenvalue weighted by Gasteiger charge is 2.17. The summed E-state index contributed by atoms with van der Waals surface area (Å²) >= 11 is 0. The molecule has 62 valence electrons. The average molecular weight is 147 g/mol. The van der Waals surface area contributed by atoms with E-state index in [1.807, 2.05) is 6.92 Å². The Morgan fingerprint density at radius 1 is 1.40 bits per heavy atom. The molecule has 0 saturated carbocycles. The molecule has 10 heavy (non-hydrogen) atoms. The third-order valence-corrected chi connectivity index (χ3v) is 1.71. The second-order valence-electron chi connectivity index (χ2n) is 2.73. The summed E-state index contributed by atoms with van der Waals surface area (Å²) in [5.74, 6) is -0.0185. The van der Waals surface area contributed by atoms with Gasteiger partial charge in [0.05, 0.1) is 0 Å². The minimum Gasteiger partial charge on any atom is -0.396 e. The molecule has 2 N–H and O–H groups in total. The predicted molar refractivity (Wildman–Crippen MR) is 40.6 cm³/mol. The van der Waals surface area contributed by atoms with Crippen LogP contribution in [0.5, 0.6) is 0 Å². The van der Waals surface area contributed by atoms with Crippen molar-refractivity contribution in [2.24, 2.45) is 5.92 Å². The van der Waals surface area contributed by atoms with Crippen LogP contribution in [0.25, 0.3) is 0 Å². The van der Waals surface area contributed by atoms with Gasteiger partial charge in [0.2, 0.25) is 0 Å². The van der Waals surface area contributed by atoms with Crippen LogP contribution in [-0.2, 0) is 0 Å². The Morgan fingerprint density at radius 3 is 2.00 bits per heavy atom. The number of hydrogen-bond donors (Lipinski definition) is 2. The second kappa shape index (κ2) is 4.66. The molecule has 2 atom stereocenters. The molecule has 0 fully saturated rings. The zero-order chi connectivity index (χ0) is 8.15. The first-order chi connectivity index (χ1) is 4.63. The summed E-state index contributed by atoms with van der Waals surface area (Å²) in [7, 11) is 3.59. The lowest BCUT2D eigenvalue weighted by atomic mass is 10.1. The summed E-state index contributed by atoms with van der Waals surface area (Å²) in [4.78, 5) is 1.70. The van der Waals surface area contributed by atoms with Crippen molar-refractivity contribution >= 4 is 0 Å². The Bertz CT molecular complexity index is 81.7. The quantitative estimate of drug-likeness (QED) is 0.545. The van der Waals surface area contributed by atoms with Crippen molar-refractivity contribution in [3.05, 3.63) is 0 Å². The lowest BCUT2D eigenvalue weighted by Crippen LogP contribution is -2.36. The van der Waals surface area contributed by atoms with Crippen molar-refractivity contribution in [2.75, 3.05) is 20.7 Å². The molecule has 0 aromatic rings. The molecule has 0 radical (unpaired) electrons. The van der Waals surface area contributed by atoms with E-state index in [0.29, 0.717) is 0 Å². The minimum atomic E-state index is -0.519. The first kappa shape index (κ1) is 9.88. The monoisotopic (exact) mass is 147 g/mol. The maximum Gasteiger partial charge on any atom is 0.111 e. The standard InChI is InChI=1S/C7H17NO2/c1-4-6(5-9)7(10)8(2)3/h6-7,9-10H,4-5H2,1-3H3. The van der Waals surface area contributed by atoms with E-state index in [1.54, 1.807) is 19.0 Å². The van der Waals surface area contributed by atoms with Crippen LogP contribution in [0.1, 0.15) is 13.3 Å². The van der Waals surface area contributed by atoms with Crippen LogP contribution in [-0.4, -0.2) is 42.0 Å². The number of aliphatic hydroxyl groups is 2. The van der Waals surface area contributed by atoms with E-state index in [0.717, 1.165) is 6.42 Å². The Labute approximate surface area is 62.3 Å². The second-order valence-corrected chi connectivity index (χ2v) is 2.73. The van der Waals surface area contributed by atoms with E-state index < -0.39 is 6.23 Å². The van der Waals surface area contributed by atoms with Crippen LogP contribution in [0.2, 0.25) is 0 Å². The van der Waals surface area contributed by atoms with E-state index >= 15 is 0 Å². The summed E-state index contributed by atoms with van der Waals surface area (Å²) < 4.78 is 0. The number of hydrogen-bond acceptors (Lipinski definition) is 3. The molecule has 0 rings (SSSR count). The van der Waals surface area contributed by atoms with Crippen LogP contribution in [0, 0.1) is 5.92 Å². The molecule has 0 amide bonds. The smallest absolute Gasteiger partial charge is 0.111 e. The van der Waals surface area contributed by atoms with Gasteiger partial charge in [0, 0.05) is 12.5 Å². The van der Waals surface area contributed by atoms with Crippen LogP contribution < -0.4 is 0 Å². The molecule has 0 aliphatic heterocycles. The molecule has 0 spiro atoms. The maximum atomic E-state index is 9.35. The SMILES string of the molecule is CCC(CO)C(O)N(C)C. The fourth-order valence-electron chi connectivity index (χ4n) is 0.856. The molecule has 0 heterocycles. The molecule has 0 aromatic carbocycles. The summed E-state index contributed by atoms with van der Waals surface area (Å²) in [5.41, 5.74) is 0. The van der Waals surface area contributed by atoms with Crippen LogP contribution in [0.4, 0.5) is 0 Å². The zero-order valence-electron chi connectivity index (χ0n) is 6.91. The largest absolute Gasteiger partial charge is 0.396 e. The van der Waals surface area contributed by atoms with Gasteiger partial charge in [-0.25, -0.2) is 0 Å². The van der Waals surface area contributed by atoms with Gasteiger partial charge in [0.15, 0.2) is 0 Å². The molecule has 3 heteroatoms. The highest BCUT2D eigenvalue weighted by atomic mass is 16.3. The number of rotatable bonds is 4. The summed E-state index contributed by atoms with van der Waals surface area (Å²) in [6, 6.07) is 0. The van der Waals surface area contributed by atoms with Gasteiger partial charge >= 0.3 is 0 Å². The van der Waals surface area contributed by atoms with Crippen LogP contribution >= 0.6 is 0 Å². The number of nitrogens with zero attached hydrogens (tertiary/aromatic N) is 1. The fourth-order valence-corrected chi connectivity index (χ4v) is 0.856.